The minimum atomic E-state index is -4.25. The van der Waals surface area contributed by atoms with Crippen molar-refractivity contribution in [2.75, 3.05) is 25.0 Å². The van der Waals surface area contributed by atoms with Gasteiger partial charge in [-0.25, -0.2) is 8.42 Å². The third kappa shape index (κ3) is 7.78. The topological polar surface area (TPSA) is 96.0 Å². The summed E-state index contributed by atoms with van der Waals surface area (Å²) in [5.74, 6) is -0.656. The minimum absolute atomic E-state index is 0.0239. The van der Waals surface area contributed by atoms with Crippen LogP contribution in [-0.4, -0.2) is 51.9 Å². The summed E-state index contributed by atoms with van der Waals surface area (Å²) in [6.07, 6.45) is 0.221. The summed E-state index contributed by atoms with van der Waals surface area (Å²) in [4.78, 5) is 29.3. The van der Waals surface area contributed by atoms with Crippen molar-refractivity contribution in [3.63, 3.8) is 0 Å². The molecule has 8 nitrogen and oxygen atoms in total. The van der Waals surface area contributed by atoms with Crippen LogP contribution in [0.25, 0.3) is 0 Å². The Kier molecular flexibility index (Phi) is 10.7. The SMILES string of the molecule is CNC(=O)[C@H](Cc1ccccc1)N(Cc1ccc(Cl)cc1)C(=O)CN(c1cc(C)ccc1OC)S(=O)(=O)c1ccc(C)cc1. The van der Waals surface area contributed by atoms with Crippen molar-refractivity contribution in [1.82, 2.24) is 10.2 Å². The predicted molar refractivity (Wildman–Crippen MR) is 173 cm³/mol. The third-order valence-electron chi connectivity index (χ3n) is 7.27. The summed E-state index contributed by atoms with van der Waals surface area (Å²) < 4.78 is 35.1. The molecule has 2 amide bonds. The number of hydrogen-bond acceptors (Lipinski definition) is 5. The zero-order valence-corrected chi connectivity index (χ0v) is 26.7. The predicted octanol–water partition coefficient (Wildman–Crippen LogP) is 5.55. The number of carbonyl (C=O) groups is 2. The van der Waals surface area contributed by atoms with E-state index in [-0.39, 0.29) is 35.2 Å². The first kappa shape index (κ1) is 32.6. The third-order valence-corrected chi connectivity index (χ3v) is 9.30. The summed E-state index contributed by atoms with van der Waals surface area (Å²) in [6, 6.07) is 27.0. The molecule has 230 valence electrons. The number of benzene rings is 4. The van der Waals surface area contributed by atoms with Crippen molar-refractivity contribution < 1.29 is 22.7 Å². The van der Waals surface area contributed by atoms with E-state index < -0.39 is 28.5 Å². The van der Waals surface area contributed by atoms with E-state index in [2.05, 4.69) is 5.32 Å². The number of carbonyl (C=O) groups excluding carboxylic acids is 2. The zero-order chi connectivity index (χ0) is 31.9. The molecule has 0 saturated heterocycles. The maximum atomic E-state index is 14.4. The molecule has 10 heteroatoms. The van der Waals surface area contributed by atoms with Gasteiger partial charge in [-0.05, 0) is 66.9 Å². The standard InChI is InChI=1S/C34H36ClN3O5S/c1-24-10-17-29(18-11-24)44(41,42)38(30-20-25(2)12-19-32(30)43-4)23-33(39)37(22-27-13-15-28(35)16-14-27)31(34(40)36-3)21-26-8-6-5-7-9-26/h5-20,31H,21-23H2,1-4H3,(H,36,40)/t31-/m0/s1. The van der Waals surface area contributed by atoms with Gasteiger partial charge in [0.1, 0.15) is 18.3 Å². The molecule has 1 N–H and O–H groups in total. The van der Waals surface area contributed by atoms with Gasteiger partial charge in [0.2, 0.25) is 11.8 Å². The van der Waals surface area contributed by atoms with E-state index in [1.165, 1.54) is 31.2 Å². The van der Waals surface area contributed by atoms with Crippen LogP contribution in [0.4, 0.5) is 5.69 Å². The first-order valence-corrected chi connectivity index (χ1v) is 15.9. The number of ether oxygens (including phenoxy) is 1. The maximum Gasteiger partial charge on any atom is 0.264 e. The molecule has 0 aliphatic carbocycles. The maximum absolute atomic E-state index is 14.4. The summed E-state index contributed by atoms with van der Waals surface area (Å²) >= 11 is 6.12. The molecule has 0 aromatic heterocycles. The van der Waals surface area contributed by atoms with Gasteiger partial charge < -0.3 is 15.0 Å². The van der Waals surface area contributed by atoms with E-state index >= 15 is 0 Å². The number of nitrogens with zero attached hydrogens (tertiary/aromatic N) is 2. The molecule has 4 aromatic rings. The molecule has 0 radical (unpaired) electrons. The molecule has 0 unspecified atom stereocenters. The van der Waals surface area contributed by atoms with Gasteiger partial charge in [-0.15, -0.1) is 0 Å². The number of aryl methyl sites for hydroxylation is 2. The first-order chi connectivity index (χ1) is 21.0. The number of amides is 2. The van der Waals surface area contributed by atoms with Gasteiger partial charge in [0.15, 0.2) is 0 Å². The van der Waals surface area contributed by atoms with Crippen LogP contribution in [0.1, 0.15) is 22.3 Å². The Bertz CT molecular complexity index is 1700. The van der Waals surface area contributed by atoms with E-state index in [1.54, 1.807) is 54.6 Å². The fraction of sp³-hybridized carbons (Fsp3) is 0.235. The van der Waals surface area contributed by atoms with Crippen LogP contribution >= 0.6 is 11.6 Å². The second-order valence-electron chi connectivity index (χ2n) is 10.5. The zero-order valence-electron chi connectivity index (χ0n) is 25.2. The lowest BCUT2D eigenvalue weighted by Crippen LogP contribution is -2.53. The van der Waals surface area contributed by atoms with Gasteiger partial charge in [-0.3, -0.25) is 13.9 Å². The smallest absolute Gasteiger partial charge is 0.264 e. The Hall–Kier alpha value is -4.34. The largest absolute Gasteiger partial charge is 0.495 e. The van der Waals surface area contributed by atoms with Crippen molar-refractivity contribution in [2.45, 2.75) is 37.8 Å². The number of rotatable bonds is 12. The minimum Gasteiger partial charge on any atom is -0.495 e. The first-order valence-electron chi connectivity index (χ1n) is 14.1. The van der Waals surface area contributed by atoms with Crippen molar-refractivity contribution >= 4 is 39.1 Å². The van der Waals surface area contributed by atoms with Crippen LogP contribution in [-0.2, 0) is 32.6 Å². The molecule has 0 saturated carbocycles. The highest BCUT2D eigenvalue weighted by molar-refractivity contribution is 7.92. The highest BCUT2D eigenvalue weighted by Crippen LogP contribution is 2.34. The fourth-order valence-electron chi connectivity index (χ4n) is 4.85. The number of nitrogens with one attached hydrogen (secondary N) is 1. The molecule has 0 aliphatic rings. The molecule has 0 heterocycles. The number of anilines is 1. The normalized spacial score (nSPS) is 11.8. The van der Waals surface area contributed by atoms with Gasteiger partial charge in [-0.1, -0.05) is 77.8 Å². The van der Waals surface area contributed by atoms with E-state index in [1.807, 2.05) is 44.2 Å². The van der Waals surface area contributed by atoms with Crippen LogP contribution in [0.15, 0.2) is 102 Å². The molecule has 44 heavy (non-hydrogen) atoms. The highest BCUT2D eigenvalue weighted by Gasteiger charge is 2.35. The second kappa shape index (κ2) is 14.4. The molecule has 1 atom stereocenters. The van der Waals surface area contributed by atoms with Crippen LogP contribution in [0.5, 0.6) is 5.75 Å². The Balaban J connectivity index is 1.83. The molecule has 0 spiro atoms. The Morgan fingerprint density at radius 1 is 0.864 bits per heavy atom. The molecule has 0 aliphatic heterocycles. The Morgan fingerprint density at radius 2 is 1.50 bits per heavy atom. The monoisotopic (exact) mass is 633 g/mol. The summed E-state index contributed by atoms with van der Waals surface area (Å²) in [6.45, 7) is 3.16. The number of halogens is 1. The molecule has 4 aromatic carbocycles. The van der Waals surface area contributed by atoms with Gasteiger partial charge in [-0.2, -0.15) is 0 Å². The van der Waals surface area contributed by atoms with Crippen LogP contribution in [0.3, 0.4) is 0 Å². The van der Waals surface area contributed by atoms with Crippen molar-refractivity contribution in [3.05, 3.63) is 124 Å². The van der Waals surface area contributed by atoms with Crippen molar-refractivity contribution in [3.8, 4) is 5.75 Å². The molecular weight excluding hydrogens is 598 g/mol. The Labute approximate surface area is 264 Å². The quantitative estimate of drug-likeness (QED) is 0.221. The van der Waals surface area contributed by atoms with Gasteiger partial charge in [0, 0.05) is 25.0 Å². The average Bonchev–Trinajstić information content (AvgIpc) is 3.02. The van der Waals surface area contributed by atoms with E-state index in [4.69, 9.17) is 16.3 Å². The fourth-order valence-corrected chi connectivity index (χ4v) is 6.40. The van der Waals surface area contributed by atoms with Crippen LogP contribution < -0.4 is 14.4 Å². The lowest BCUT2D eigenvalue weighted by atomic mass is 10.0. The lowest BCUT2D eigenvalue weighted by molar-refractivity contribution is -0.139. The molecule has 0 bridgehead atoms. The molecule has 0 fully saturated rings. The number of hydrogen-bond donors (Lipinski definition) is 1. The summed E-state index contributed by atoms with van der Waals surface area (Å²) in [7, 11) is -1.29. The number of sulfonamides is 1. The van der Waals surface area contributed by atoms with Gasteiger partial charge in [0.05, 0.1) is 17.7 Å². The second-order valence-corrected chi connectivity index (χ2v) is 12.8. The van der Waals surface area contributed by atoms with E-state index in [9.17, 15) is 18.0 Å². The van der Waals surface area contributed by atoms with Crippen molar-refractivity contribution in [1.29, 1.82) is 0 Å². The molecule has 4 rings (SSSR count). The van der Waals surface area contributed by atoms with E-state index in [0.29, 0.717) is 5.02 Å². The number of likely N-dealkylation sites (N-methyl/N-ethyl adjacent to an activating group) is 1. The van der Waals surface area contributed by atoms with Crippen LogP contribution in [0, 0.1) is 13.8 Å². The number of methoxy groups -OCH3 is 1. The Morgan fingerprint density at radius 3 is 2.11 bits per heavy atom. The molecular formula is C34H36ClN3O5S. The summed E-state index contributed by atoms with van der Waals surface area (Å²) in [5.41, 5.74) is 3.46. The van der Waals surface area contributed by atoms with Gasteiger partial charge in [0.25, 0.3) is 10.0 Å². The van der Waals surface area contributed by atoms with Crippen LogP contribution in [0.2, 0.25) is 5.02 Å². The van der Waals surface area contributed by atoms with Crippen molar-refractivity contribution in [2.24, 2.45) is 0 Å². The highest BCUT2D eigenvalue weighted by atomic mass is 35.5. The summed E-state index contributed by atoms with van der Waals surface area (Å²) in [5, 5.41) is 3.21. The van der Waals surface area contributed by atoms with Gasteiger partial charge >= 0.3 is 0 Å². The lowest BCUT2D eigenvalue weighted by Gasteiger charge is -2.34. The van der Waals surface area contributed by atoms with E-state index in [0.717, 1.165) is 26.6 Å². The average molecular weight is 634 g/mol.